The molecule has 0 N–H and O–H groups in total. The summed E-state index contributed by atoms with van der Waals surface area (Å²) in [7, 11) is 2.77. The maximum absolute atomic E-state index is 12.2. The van der Waals surface area contributed by atoms with Crippen molar-refractivity contribution in [1.82, 2.24) is 4.98 Å². The Hall–Kier alpha value is 0.561. The minimum atomic E-state index is -5.00. The summed E-state index contributed by atoms with van der Waals surface area (Å²) in [5.74, 6) is 0. The van der Waals surface area contributed by atoms with Crippen molar-refractivity contribution in [1.29, 1.82) is 0 Å². The first-order valence-corrected chi connectivity index (χ1v) is 4.20. The number of hydrogen-bond donors (Lipinski definition) is 0. The zero-order chi connectivity index (χ0) is 11.5. The summed E-state index contributed by atoms with van der Waals surface area (Å²) >= 11 is 0. The van der Waals surface area contributed by atoms with E-state index in [4.69, 9.17) is 9.47 Å². The second kappa shape index (κ2) is 7.10. The topological polar surface area (TPSA) is 31.4 Å². The molecule has 1 aromatic rings. The van der Waals surface area contributed by atoms with Crippen molar-refractivity contribution in [2.75, 3.05) is 14.2 Å². The molecular formula is C8H10BF3KNO2. The molecule has 84 valence electrons. The average molecular weight is 259 g/mol. The number of rotatable bonds is 4. The van der Waals surface area contributed by atoms with Gasteiger partial charge in [0.1, 0.15) is 0 Å². The number of aromatic nitrogens is 1. The number of methoxy groups -OCH3 is 2. The van der Waals surface area contributed by atoms with Crippen LogP contribution in [0.4, 0.5) is 12.9 Å². The van der Waals surface area contributed by atoms with E-state index in [0.29, 0.717) is 5.69 Å². The van der Waals surface area contributed by atoms with E-state index in [1.807, 2.05) is 0 Å². The monoisotopic (exact) mass is 259 g/mol. The maximum Gasteiger partial charge on any atom is 1.00 e. The molecule has 0 aliphatic carbocycles. The smallest absolute Gasteiger partial charge is 0.445 e. The van der Waals surface area contributed by atoms with Gasteiger partial charge in [0.2, 0.25) is 6.29 Å². The first-order chi connectivity index (χ1) is 6.99. The fourth-order valence-electron chi connectivity index (χ4n) is 1.09. The molecule has 1 rings (SSSR count). The second-order valence-electron chi connectivity index (χ2n) is 2.89. The molecule has 0 saturated carbocycles. The SMILES string of the molecule is COC(OC)c1ccc([B-](F)(F)F)cn1.[K+]. The van der Waals surface area contributed by atoms with Crippen molar-refractivity contribution in [3.63, 3.8) is 0 Å². The summed E-state index contributed by atoms with van der Waals surface area (Å²) in [6.07, 6.45) is 0.0418. The van der Waals surface area contributed by atoms with Gasteiger partial charge in [0, 0.05) is 20.4 Å². The molecule has 0 saturated heterocycles. The van der Waals surface area contributed by atoms with Gasteiger partial charge in [-0.25, -0.2) is 0 Å². The van der Waals surface area contributed by atoms with Gasteiger partial charge in [-0.3, -0.25) is 4.98 Å². The van der Waals surface area contributed by atoms with Crippen LogP contribution >= 0.6 is 0 Å². The van der Waals surface area contributed by atoms with Crippen LogP contribution in [-0.4, -0.2) is 26.2 Å². The molecule has 0 unspecified atom stereocenters. The molecule has 0 radical (unpaired) electrons. The Balaban J connectivity index is 0.00000225. The van der Waals surface area contributed by atoms with E-state index in [1.165, 1.54) is 20.3 Å². The van der Waals surface area contributed by atoms with Crippen molar-refractivity contribution in [2.24, 2.45) is 0 Å². The van der Waals surface area contributed by atoms with E-state index >= 15 is 0 Å². The van der Waals surface area contributed by atoms with Crippen LogP contribution in [0.5, 0.6) is 0 Å². The fraction of sp³-hybridized carbons (Fsp3) is 0.375. The predicted octanol–water partition coefficient (Wildman–Crippen LogP) is -1.57. The molecule has 16 heavy (non-hydrogen) atoms. The quantitative estimate of drug-likeness (QED) is 0.483. The number of pyridine rings is 1. The molecule has 8 heteroatoms. The van der Waals surface area contributed by atoms with Crippen molar-refractivity contribution in [3.05, 3.63) is 24.0 Å². The van der Waals surface area contributed by atoms with Crippen LogP contribution in [-0.2, 0) is 9.47 Å². The van der Waals surface area contributed by atoms with E-state index in [1.54, 1.807) is 0 Å². The van der Waals surface area contributed by atoms with Crippen LogP contribution in [0.25, 0.3) is 0 Å². The van der Waals surface area contributed by atoms with Crippen LogP contribution in [0.1, 0.15) is 12.0 Å². The van der Waals surface area contributed by atoms with Gasteiger partial charge in [0.25, 0.3) is 0 Å². The molecule has 1 heterocycles. The summed E-state index contributed by atoms with van der Waals surface area (Å²) in [5.41, 5.74) is -0.423. The molecule has 0 fully saturated rings. The van der Waals surface area contributed by atoms with Gasteiger partial charge in [-0.05, 0) is 6.07 Å². The van der Waals surface area contributed by atoms with Crippen molar-refractivity contribution < 1.29 is 73.8 Å². The molecule has 0 bridgehead atoms. The molecule has 0 atom stereocenters. The number of nitrogens with zero attached hydrogens (tertiary/aromatic N) is 1. The largest absolute Gasteiger partial charge is 1.00 e. The van der Waals surface area contributed by atoms with E-state index in [0.717, 1.165) is 12.3 Å². The van der Waals surface area contributed by atoms with E-state index in [-0.39, 0.29) is 51.4 Å². The van der Waals surface area contributed by atoms with Crippen LogP contribution in [0.2, 0.25) is 0 Å². The van der Waals surface area contributed by atoms with Crippen molar-refractivity contribution >= 4 is 12.4 Å². The first-order valence-electron chi connectivity index (χ1n) is 4.20. The minimum absolute atomic E-state index is 0. The Morgan fingerprint density at radius 3 is 2.06 bits per heavy atom. The number of ether oxygens (including phenoxy) is 2. The van der Waals surface area contributed by atoms with Crippen LogP contribution in [0, 0.1) is 0 Å². The number of hydrogen-bond acceptors (Lipinski definition) is 3. The van der Waals surface area contributed by atoms with Crippen molar-refractivity contribution in [3.8, 4) is 0 Å². The molecule has 3 nitrogen and oxygen atoms in total. The fourth-order valence-corrected chi connectivity index (χ4v) is 1.09. The zero-order valence-electron chi connectivity index (χ0n) is 9.28. The van der Waals surface area contributed by atoms with Gasteiger partial charge in [-0.15, -0.1) is 0 Å². The summed E-state index contributed by atoms with van der Waals surface area (Å²) in [5, 5.41) is 0. The summed E-state index contributed by atoms with van der Waals surface area (Å²) in [6.45, 7) is -5.00. The van der Waals surface area contributed by atoms with Gasteiger partial charge in [-0.1, -0.05) is 11.5 Å². The minimum Gasteiger partial charge on any atom is -0.445 e. The van der Waals surface area contributed by atoms with Gasteiger partial charge in [-0.2, -0.15) is 0 Å². The Morgan fingerprint density at radius 1 is 1.19 bits per heavy atom. The Kier molecular flexibility index (Phi) is 7.35. The molecule has 0 spiro atoms. The third-order valence-electron chi connectivity index (χ3n) is 1.86. The molecule has 0 amide bonds. The summed E-state index contributed by atoms with van der Waals surface area (Å²) in [4.78, 5) is 3.63. The second-order valence-corrected chi connectivity index (χ2v) is 2.89. The van der Waals surface area contributed by atoms with Crippen LogP contribution < -0.4 is 56.8 Å². The van der Waals surface area contributed by atoms with Crippen LogP contribution in [0.3, 0.4) is 0 Å². The van der Waals surface area contributed by atoms with Gasteiger partial charge in [0.05, 0.1) is 5.69 Å². The van der Waals surface area contributed by atoms with E-state index < -0.39 is 18.7 Å². The Morgan fingerprint density at radius 2 is 1.75 bits per heavy atom. The summed E-state index contributed by atoms with van der Waals surface area (Å²) in [6, 6.07) is 2.20. The average Bonchev–Trinajstić information content (AvgIpc) is 2.19. The predicted molar refractivity (Wildman–Crippen MR) is 49.7 cm³/mol. The zero-order valence-corrected chi connectivity index (χ0v) is 12.4. The standard InChI is InChI=1S/C8H10BF3NO2.K/c1-14-8(15-2)7-4-3-6(5-13-7)9(10,11)12;/h3-5,8H,1-2H3;/q-1;+1. The first kappa shape index (κ1) is 16.6. The molecule has 0 aliphatic rings. The van der Waals surface area contributed by atoms with Gasteiger partial charge < -0.3 is 22.4 Å². The molecular weight excluding hydrogens is 249 g/mol. The number of halogens is 3. The van der Waals surface area contributed by atoms with Crippen LogP contribution in [0.15, 0.2) is 18.3 Å². The molecule has 0 aliphatic heterocycles. The third kappa shape index (κ3) is 4.44. The summed E-state index contributed by atoms with van der Waals surface area (Å²) < 4.78 is 46.4. The molecule has 0 aromatic carbocycles. The van der Waals surface area contributed by atoms with E-state index in [9.17, 15) is 12.9 Å². The Labute approximate surface area is 134 Å². The van der Waals surface area contributed by atoms with Gasteiger partial charge in [0.15, 0.2) is 0 Å². The Bertz CT molecular complexity index is 316. The maximum atomic E-state index is 12.2. The third-order valence-corrected chi connectivity index (χ3v) is 1.86. The van der Waals surface area contributed by atoms with Crippen molar-refractivity contribution in [2.45, 2.75) is 6.29 Å². The normalized spacial score (nSPS) is 11.4. The molecule has 1 aromatic heterocycles. The van der Waals surface area contributed by atoms with E-state index in [2.05, 4.69) is 4.98 Å². The van der Waals surface area contributed by atoms with Gasteiger partial charge >= 0.3 is 58.4 Å².